The third-order valence-corrected chi connectivity index (χ3v) is 6.49. The van der Waals surface area contributed by atoms with Crippen LogP contribution in [0.5, 0.6) is 0 Å². The normalized spacial score (nSPS) is 18.0. The van der Waals surface area contributed by atoms with Crippen molar-refractivity contribution in [2.75, 3.05) is 35.2 Å². The first kappa shape index (κ1) is 20.9. The van der Waals surface area contributed by atoms with E-state index in [-0.39, 0.29) is 11.6 Å². The number of aryl methyl sites for hydroxylation is 1. The van der Waals surface area contributed by atoms with Gasteiger partial charge in [-0.2, -0.15) is 0 Å². The topological polar surface area (TPSA) is 64.6 Å². The van der Waals surface area contributed by atoms with Crippen LogP contribution < -0.4 is 15.5 Å². The summed E-state index contributed by atoms with van der Waals surface area (Å²) in [5.74, 6) is -0.600. The van der Waals surface area contributed by atoms with Crippen molar-refractivity contribution < 1.29 is 14.3 Å². The molecule has 0 atom stereocenters. The summed E-state index contributed by atoms with van der Waals surface area (Å²) in [6.45, 7) is 3.89. The summed E-state index contributed by atoms with van der Waals surface area (Å²) in [6.07, 6.45) is 2.97. The molecule has 0 aliphatic carbocycles. The van der Waals surface area contributed by atoms with Crippen LogP contribution in [0, 0.1) is 5.82 Å². The third-order valence-electron chi connectivity index (χ3n) is 6.19. The fourth-order valence-corrected chi connectivity index (χ4v) is 4.57. The van der Waals surface area contributed by atoms with Crippen molar-refractivity contribution in [1.29, 1.82) is 0 Å². The van der Waals surface area contributed by atoms with Gasteiger partial charge in [0.05, 0.1) is 22.0 Å². The summed E-state index contributed by atoms with van der Waals surface area (Å²) in [7, 11) is 0. The Bertz CT molecular complexity index is 958. The van der Waals surface area contributed by atoms with E-state index in [2.05, 4.69) is 34.6 Å². The molecular weight excluding hydrogens is 405 g/mol. The van der Waals surface area contributed by atoms with E-state index in [1.54, 1.807) is 6.07 Å². The number of anilines is 3. The molecule has 1 amide bonds. The van der Waals surface area contributed by atoms with Gasteiger partial charge in [-0.1, -0.05) is 24.6 Å². The first-order chi connectivity index (χ1) is 14.4. The van der Waals surface area contributed by atoms with Crippen LogP contribution in [0.15, 0.2) is 30.3 Å². The van der Waals surface area contributed by atoms with Crippen LogP contribution in [0.3, 0.4) is 0 Å². The molecule has 0 aromatic heterocycles. The number of benzene rings is 2. The molecule has 0 saturated carbocycles. The minimum Gasteiger partial charge on any atom is -0.388 e. The number of nitrogens with one attached hydrogen (secondary N) is 2. The van der Waals surface area contributed by atoms with Crippen LogP contribution in [0.2, 0.25) is 5.02 Å². The lowest BCUT2D eigenvalue weighted by molar-refractivity contribution is -0.116. The van der Waals surface area contributed by atoms with Gasteiger partial charge in [0.1, 0.15) is 5.82 Å². The van der Waals surface area contributed by atoms with Crippen LogP contribution in [0.25, 0.3) is 0 Å². The minimum absolute atomic E-state index is 0.171. The molecule has 4 rings (SSSR count). The molecule has 0 bridgehead atoms. The predicted molar refractivity (Wildman–Crippen MR) is 119 cm³/mol. The maximum atomic E-state index is 14.1. The van der Waals surface area contributed by atoms with Gasteiger partial charge in [-0.3, -0.25) is 4.79 Å². The Balaban J connectivity index is 1.40. The predicted octanol–water partition coefficient (Wildman–Crippen LogP) is 4.37. The molecule has 1 saturated heterocycles. The Morgan fingerprint density at radius 2 is 2.00 bits per heavy atom. The van der Waals surface area contributed by atoms with Crippen molar-refractivity contribution in [3.05, 3.63) is 52.3 Å². The van der Waals surface area contributed by atoms with Crippen LogP contribution in [0.4, 0.5) is 21.5 Å². The highest BCUT2D eigenvalue weighted by Gasteiger charge is 2.33. The number of aliphatic hydroxyl groups is 1. The molecule has 160 valence electrons. The van der Waals surface area contributed by atoms with Crippen molar-refractivity contribution in [3.63, 3.8) is 0 Å². The van der Waals surface area contributed by atoms with E-state index >= 15 is 0 Å². The van der Waals surface area contributed by atoms with E-state index in [1.807, 2.05) is 6.07 Å². The summed E-state index contributed by atoms with van der Waals surface area (Å²) < 4.78 is 14.1. The number of amides is 1. The number of hydrogen-bond donors (Lipinski definition) is 3. The second kappa shape index (κ2) is 8.44. The molecule has 2 heterocycles. The van der Waals surface area contributed by atoms with Gasteiger partial charge in [-0.05, 0) is 55.5 Å². The lowest BCUT2D eigenvalue weighted by atomic mass is 9.90. The summed E-state index contributed by atoms with van der Waals surface area (Å²) in [4.78, 5) is 13.8. The van der Waals surface area contributed by atoms with Gasteiger partial charge in [0.15, 0.2) is 0 Å². The molecule has 30 heavy (non-hydrogen) atoms. The Morgan fingerprint density at radius 1 is 1.23 bits per heavy atom. The van der Waals surface area contributed by atoms with Crippen molar-refractivity contribution >= 4 is 34.6 Å². The van der Waals surface area contributed by atoms with Gasteiger partial charge >= 0.3 is 0 Å². The number of halogens is 2. The van der Waals surface area contributed by atoms with Crippen molar-refractivity contribution in [2.24, 2.45) is 0 Å². The standard InChI is InChI=1S/C23H27ClFN3O2/c1-2-15-3-7-20(17(24)13-15)28-11-9-23(30,10-12-28)14-26-19-6-5-18(25)22-16(19)4-8-21(29)27-22/h3,5-7,13,26,30H,2,4,8-12,14H2,1H3,(H,27,29). The summed E-state index contributed by atoms with van der Waals surface area (Å²) in [5, 5.41) is 17.7. The fraction of sp³-hybridized carbons (Fsp3) is 0.435. The van der Waals surface area contributed by atoms with Crippen LogP contribution in [-0.4, -0.2) is 36.2 Å². The van der Waals surface area contributed by atoms with E-state index in [1.165, 1.54) is 11.6 Å². The van der Waals surface area contributed by atoms with Crippen LogP contribution >= 0.6 is 11.6 Å². The first-order valence-corrected chi connectivity index (χ1v) is 10.9. The van der Waals surface area contributed by atoms with Crippen LogP contribution in [0.1, 0.15) is 37.3 Å². The minimum atomic E-state index is -0.856. The zero-order valence-electron chi connectivity index (χ0n) is 17.1. The van der Waals surface area contributed by atoms with Gasteiger partial charge in [0, 0.05) is 37.3 Å². The lowest BCUT2D eigenvalue weighted by Crippen LogP contribution is -2.48. The van der Waals surface area contributed by atoms with Gasteiger partial charge in [0.25, 0.3) is 0 Å². The van der Waals surface area contributed by atoms with E-state index < -0.39 is 11.4 Å². The monoisotopic (exact) mass is 431 g/mol. The second-order valence-electron chi connectivity index (χ2n) is 8.20. The van der Waals surface area contributed by atoms with Crippen molar-refractivity contribution in [1.82, 2.24) is 0 Å². The second-order valence-corrected chi connectivity index (χ2v) is 8.61. The fourth-order valence-electron chi connectivity index (χ4n) is 4.25. The van der Waals surface area contributed by atoms with E-state index in [9.17, 15) is 14.3 Å². The van der Waals surface area contributed by atoms with E-state index in [4.69, 9.17) is 11.6 Å². The van der Waals surface area contributed by atoms with Crippen molar-refractivity contribution in [3.8, 4) is 0 Å². The molecular formula is C23H27ClFN3O2. The molecule has 2 aliphatic rings. The molecule has 2 aliphatic heterocycles. The highest BCUT2D eigenvalue weighted by atomic mass is 35.5. The summed E-state index contributed by atoms with van der Waals surface area (Å²) >= 11 is 6.47. The number of nitrogens with zero attached hydrogens (tertiary/aromatic N) is 1. The number of rotatable bonds is 5. The molecule has 3 N–H and O–H groups in total. The Hall–Kier alpha value is -2.31. The van der Waals surface area contributed by atoms with Crippen LogP contribution in [-0.2, 0) is 17.6 Å². The number of carbonyl (C=O) groups excluding carboxylic acids is 1. The van der Waals surface area contributed by atoms with Gasteiger partial charge in [-0.15, -0.1) is 0 Å². The SMILES string of the molecule is CCc1ccc(N2CCC(O)(CNc3ccc(F)c4c3CCC(=O)N4)CC2)c(Cl)c1. The maximum absolute atomic E-state index is 14.1. The maximum Gasteiger partial charge on any atom is 0.224 e. The van der Waals surface area contributed by atoms with Gasteiger partial charge < -0.3 is 20.6 Å². The number of hydrogen-bond acceptors (Lipinski definition) is 4. The molecule has 7 heteroatoms. The Kier molecular flexibility index (Phi) is 5.89. The smallest absolute Gasteiger partial charge is 0.224 e. The molecule has 2 aromatic rings. The largest absolute Gasteiger partial charge is 0.388 e. The molecule has 2 aromatic carbocycles. The summed E-state index contributed by atoms with van der Waals surface area (Å²) in [6, 6.07) is 9.19. The van der Waals surface area contributed by atoms with Gasteiger partial charge in [0.2, 0.25) is 5.91 Å². The number of piperidine rings is 1. The van der Waals surface area contributed by atoms with E-state index in [0.29, 0.717) is 45.3 Å². The molecule has 5 nitrogen and oxygen atoms in total. The molecule has 1 fully saturated rings. The third kappa shape index (κ3) is 4.25. The first-order valence-electron chi connectivity index (χ1n) is 10.5. The van der Waals surface area contributed by atoms with Crippen molar-refractivity contribution in [2.45, 2.75) is 44.6 Å². The average molecular weight is 432 g/mol. The Labute approximate surface area is 181 Å². The highest BCUT2D eigenvalue weighted by Crippen LogP contribution is 2.34. The molecule has 0 unspecified atom stereocenters. The Morgan fingerprint density at radius 3 is 2.70 bits per heavy atom. The summed E-state index contributed by atoms with van der Waals surface area (Å²) in [5.41, 5.74) is 3.14. The lowest BCUT2D eigenvalue weighted by Gasteiger charge is -2.40. The molecule has 0 spiro atoms. The average Bonchev–Trinajstić information content (AvgIpc) is 2.74. The highest BCUT2D eigenvalue weighted by molar-refractivity contribution is 6.33. The zero-order chi connectivity index (χ0) is 21.3. The van der Waals surface area contributed by atoms with Gasteiger partial charge in [-0.25, -0.2) is 4.39 Å². The zero-order valence-corrected chi connectivity index (χ0v) is 17.9. The molecule has 0 radical (unpaired) electrons. The quantitative estimate of drug-likeness (QED) is 0.657. The number of carbonyl (C=O) groups is 1. The van der Waals surface area contributed by atoms with E-state index in [0.717, 1.165) is 28.4 Å². The number of fused-ring (bicyclic) bond motifs is 1.